The van der Waals surface area contributed by atoms with Crippen molar-refractivity contribution in [3.05, 3.63) is 56.4 Å². The third-order valence-electron chi connectivity index (χ3n) is 4.74. The number of benzene rings is 1. The molecule has 0 aliphatic heterocycles. The van der Waals surface area contributed by atoms with E-state index in [1.54, 1.807) is 7.11 Å². The number of thiophene rings is 1. The number of amides is 1. The highest BCUT2D eigenvalue weighted by molar-refractivity contribution is 7.18. The number of hydrogen-bond donors (Lipinski definition) is 1. The maximum atomic E-state index is 12.5. The molecule has 1 aromatic carbocycles. The molecule has 0 fully saturated rings. The summed E-state index contributed by atoms with van der Waals surface area (Å²) in [5, 5.41) is 3.47. The van der Waals surface area contributed by atoms with Crippen molar-refractivity contribution in [2.24, 2.45) is 0 Å². The zero-order valence-corrected chi connectivity index (χ0v) is 17.6. The summed E-state index contributed by atoms with van der Waals surface area (Å²) in [6.45, 7) is 8.49. The van der Waals surface area contributed by atoms with Crippen LogP contribution >= 0.6 is 11.3 Å². The van der Waals surface area contributed by atoms with Crippen LogP contribution in [0, 0.1) is 13.8 Å². The van der Waals surface area contributed by atoms with Gasteiger partial charge in [0.15, 0.2) is 0 Å². The van der Waals surface area contributed by atoms with Crippen molar-refractivity contribution < 1.29 is 9.53 Å². The average Bonchev–Trinajstić information content (AvgIpc) is 3.03. The Bertz CT molecular complexity index is 1080. The first-order chi connectivity index (χ1) is 13.3. The fraction of sp³-hybridized carbons (Fsp3) is 0.381. The fourth-order valence-electron chi connectivity index (χ4n) is 3.16. The molecule has 0 aliphatic rings. The number of aryl methyl sites for hydroxylation is 2. The molecule has 148 valence electrons. The molecule has 1 N–H and O–H groups in total. The Balaban J connectivity index is 1.73. The molecule has 3 rings (SSSR count). The maximum Gasteiger partial charge on any atom is 0.262 e. The summed E-state index contributed by atoms with van der Waals surface area (Å²) >= 11 is 1.47. The van der Waals surface area contributed by atoms with Gasteiger partial charge in [-0.2, -0.15) is 0 Å². The number of aromatic nitrogens is 2. The lowest BCUT2D eigenvalue weighted by atomic mass is 9.96. The van der Waals surface area contributed by atoms with Crippen LogP contribution in [0.4, 0.5) is 0 Å². The highest BCUT2D eigenvalue weighted by Crippen LogP contribution is 2.29. The van der Waals surface area contributed by atoms with Gasteiger partial charge in [0.1, 0.15) is 17.1 Å². The Morgan fingerprint density at radius 1 is 1.29 bits per heavy atom. The molecule has 0 saturated carbocycles. The number of nitrogens with one attached hydrogen (secondary N) is 1. The first-order valence-electron chi connectivity index (χ1n) is 9.19. The minimum atomic E-state index is -0.225. The van der Waals surface area contributed by atoms with E-state index in [2.05, 4.69) is 30.2 Å². The van der Waals surface area contributed by atoms with Gasteiger partial charge in [0.25, 0.3) is 5.56 Å². The van der Waals surface area contributed by atoms with Crippen LogP contribution < -0.4 is 15.6 Å². The van der Waals surface area contributed by atoms with Crippen molar-refractivity contribution in [3.8, 4) is 5.75 Å². The Morgan fingerprint density at radius 2 is 2.04 bits per heavy atom. The number of nitrogens with zero attached hydrogens (tertiary/aromatic N) is 2. The first kappa shape index (κ1) is 20.1. The largest absolute Gasteiger partial charge is 0.496 e. The first-order valence-corrected chi connectivity index (χ1v) is 10.0. The molecule has 0 radical (unpaired) electrons. The minimum Gasteiger partial charge on any atom is -0.496 e. The number of rotatable bonds is 6. The lowest BCUT2D eigenvalue weighted by molar-refractivity contribution is -0.121. The Kier molecular flexibility index (Phi) is 5.84. The summed E-state index contributed by atoms with van der Waals surface area (Å²) in [5.41, 5.74) is 3.01. The Hall–Kier alpha value is -2.67. The number of carbonyl (C=O) groups excluding carboxylic acids is 1. The normalized spacial score (nSPS) is 11.2. The number of carbonyl (C=O) groups is 1. The molecule has 1 amide bonds. The summed E-state index contributed by atoms with van der Waals surface area (Å²) in [6, 6.07) is 5.89. The van der Waals surface area contributed by atoms with E-state index >= 15 is 0 Å². The second-order valence-electron chi connectivity index (χ2n) is 7.21. The van der Waals surface area contributed by atoms with Crippen molar-refractivity contribution in [1.29, 1.82) is 0 Å². The Labute approximate surface area is 168 Å². The summed E-state index contributed by atoms with van der Waals surface area (Å²) < 4.78 is 6.82. The van der Waals surface area contributed by atoms with Crippen LogP contribution in [0.1, 0.15) is 41.3 Å². The van der Waals surface area contributed by atoms with Gasteiger partial charge in [-0.1, -0.05) is 13.8 Å². The molecule has 28 heavy (non-hydrogen) atoms. The third kappa shape index (κ3) is 4.09. The average molecular weight is 400 g/mol. The highest BCUT2D eigenvalue weighted by atomic mass is 32.1. The van der Waals surface area contributed by atoms with E-state index < -0.39 is 0 Å². The van der Waals surface area contributed by atoms with Crippen LogP contribution in [-0.2, 0) is 17.9 Å². The number of fused-ring (bicyclic) bond motifs is 1. The molecule has 2 aromatic heterocycles. The van der Waals surface area contributed by atoms with Crippen molar-refractivity contribution in [2.75, 3.05) is 7.11 Å². The number of hydrogen-bond acceptors (Lipinski definition) is 5. The predicted molar refractivity (Wildman–Crippen MR) is 112 cm³/mol. The summed E-state index contributed by atoms with van der Waals surface area (Å²) in [5.74, 6) is 0.950. The molecule has 7 heteroatoms. The van der Waals surface area contributed by atoms with Crippen LogP contribution in [0.3, 0.4) is 0 Å². The summed E-state index contributed by atoms with van der Waals surface area (Å²) in [6.07, 6.45) is 1.44. The van der Waals surface area contributed by atoms with Gasteiger partial charge in [-0.15, -0.1) is 11.3 Å². The summed E-state index contributed by atoms with van der Waals surface area (Å²) in [4.78, 5) is 31.0. The van der Waals surface area contributed by atoms with Gasteiger partial charge < -0.3 is 10.1 Å². The standard InChI is InChI=1S/C21H25N3O3S/c1-12(2)16-8-15(13(3)6-18(16)27-5)9-22-19(25)10-24-11-23-20-17(21(24)26)7-14(4)28-20/h6-8,11-12H,9-10H2,1-5H3,(H,22,25). The van der Waals surface area contributed by atoms with Crippen molar-refractivity contribution in [3.63, 3.8) is 0 Å². The lowest BCUT2D eigenvalue weighted by Gasteiger charge is -2.16. The molecular weight excluding hydrogens is 374 g/mol. The minimum absolute atomic E-state index is 0.0527. The van der Waals surface area contributed by atoms with Crippen LogP contribution in [0.5, 0.6) is 5.75 Å². The zero-order valence-electron chi connectivity index (χ0n) is 16.8. The monoisotopic (exact) mass is 399 g/mol. The van der Waals surface area contributed by atoms with Gasteiger partial charge in [-0.3, -0.25) is 14.2 Å². The van der Waals surface area contributed by atoms with Gasteiger partial charge in [0.2, 0.25) is 5.91 Å². The van der Waals surface area contributed by atoms with Crippen LogP contribution in [0.15, 0.2) is 29.3 Å². The molecule has 0 atom stereocenters. The van der Waals surface area contributed by atoms with E-state index in [0.717, 1.165) is 27.3 Å². The SMILES string of the molecule is COc1cc(C)c(CNC(=O)Cn2cnc3sc(C)cc3c2=O)cc1C(C)C. The number of methoxy groups -OCH3 is 1. The second-order valence-corrected chi connectivity index (χ2v) is 8.44. The van der Waals surface area contributed by atoms with Crippen LogP contribution in [0.25, 0.3) is 10.2 Å². The van der Waals surface area contributed by atoms with Crippen LogP contribution in [0.2, 0.25) is 0 Å². The van der Waals surface area contributed by atoms with Crippen molar-refractivity contribution >= 4 is 27.5 Å². The maximum absolute atomic E-state index is 12.5. The van der Waals surface area contributed by atoms with Gasteiger partial charge in [0, 0.05) is 11.4 Å². The molecule has 0 saturated heterocycles. The lowest BCUT2D eigenvalue weighted by Crippen LogP contribution is -2.32. The summed E-state index contributed by atoms with van der Waals surface area (Å²) in [7, 11) is 1.67. The number of ether oxygens (including phenoxy) is 1. The van der Waals surface area contributed by atoms with E-state index in [0.29, 0.717) is 22.7 Å². The molecule has 6 nitrogen and oxygen atoms in total. The molecule has 0 bridgehead atoms. The molecule has 0 aliphatic carbocycles. The molecular formula is C21H25N3O3S. The quantitative estimate of drug-likeness (QED) is 0.688. The van der Waals surface area contributed by atoms with Gasteiger partial charge in [-0.25, -0.2) is 4.98 Å². The van der Waals surface area contributed by atoms with E-state index in [4.69, 9.17) is 4.74 Å². The van der Waals surface area contributed by atoms with E-state index in [-0.39, 0.29) is 18.0 Å². The zero-order chi connectivity index (χ0) is 20.4. The van der Waals surface area contributed by atoms with Gasteiger partial charge in [0.05, 0.1) is 18.8 Å². The smallest absolute Gasteiger partial charge is 0.262 e. The van der Waals surface area contributed by atoms with Crippen molar-refractivity contribution in [1.82, 2.24) is 14.9 Å². The molecule has 0 unspecified atom stereocenters. The van der Waals surface area contributed by atoms with E-state index in [9.17, 15) is 9.59 Å². The van der Waals surface area contributed by atoms with Gasteiger partial charge >= 0.3 is 0 Å². The predicted octanol–water partition coefficient (Wildman–Crippen LogP) is 3.52. The topological polar surface area (TPSA) is 73.2 Å². The van der Waals surface area contributed by atoms with Gasteiger partial charge in [-0.05, 0) is 54.7 Å². The van der Waals surface area contributed by atoms with E-state index in [1.165, 1.54) is 22.2 Å². The Morgan fingerprint density at radius 3 is 2.71 bits per heavy atom. The second kappa shape index (κ2) is 8.14. The van der Waals surface area contributed by atoms with E-state index in [1.807, 2.05) is 26.0 Å². The molecule has 3 aromatic rings. The highest BCUT2D eigenvalue weighted by Gasteiger charge is 2.13. The van der Waals surface area contributed by atoms with Crippen LogP contribution in [-0.4, -0.2) is 22.6 Å². The molecule has 0 spiro atoms. The van der Waals surface area contributed by atoms with Crippen molar-refractivity contribution in [2.45, 2.75) is 46.7 Å². The molecule has 2 heterocycles. The third-order valence-corrected chi connectivity index (χ3v) is 5.70. The fourth-order valence-corrected chi connectivity index (χ4v) is 4.00.